The Balaban J connectivity index is 1.63. The Labute approximate surface area is 145 Å². The van der Waals surface area contributed by atoms with Crippen LogP contribution < -0.4 is 0 Å². The first-order valence-corrected chi connectivity index (χ1v) is 9.16. The number of likely N-dealkylation sites (N-methyl/N-ethyl adjacent to an activating group) is 1. The molecule has 0 N–H and O–H groups in total. The van der Waals surface area contributed by atoms with Crippen LogP contribution in [0.4, 0.5) is 0 Å². The molecule has 1 atom stereocenters. The van der Waals surface area contributed by atoms with Gasteiger partial charge in [-0.1, -0.05) is 6.07 Å². The van der Waals surface area contributed by atoms with Gasteiger partial charge in [-0.2, -0.15) is 0 Å². The minimum atomic E-state index is 0.108. The summed E-state index contributed by atoms with van der Waals surface area (Å²) in [6, 6.07) is 4.16. The van der Waals surface area contributed by atoms with E-state index < -0.39 is 0 Å². The van der Waals surface area contributed by atoms with Gasteiger partial charge in [-0.05, 0) is 58.0 Å². The van der Waals surface area contributed by atoms with Crippen LogP contribution in [-0.2, 0) is 11.3 Å². The van der Waals surface area contributed by atoms with Gasteiger partial charge in [-0.25, -0.2) is 0 Å². The van der Waals surface area contributed by atoms with Gasteiger partial charge in [0.1, 0.15) is 0 Å². The molecule has 3 heterocycles. The molecule has 0 bridgehead atoms. The fourth-order valence-corrected chi connectivity index (χ4v) is 4.20. The Morgan fingerprint density at radius 3 is 2.88 bits per heavy atom. The van der Waals surface area contributed by atoms with Crippen LogP contribution in [0.25, 0.3) is 0 Å². The predicted molar refractivity (Wildman–Crippen MR) is 95.6 cm³/mol. The summed E-state index contributed by atoms with van der Waals surface area (Å²) in [4.78, 5) is 23.6. The highest BCUT2D eigenvalue weighted by Gasteiger charge is 2.45. The number of hydrogen-bond acceptors (Lipinski definition) is 4. The maximum atomic E-state index is 12.4. The molecular formula is C19H30N4O. The minimum absolute atomic E-state index is 0.108. The fourth-order valence-electron chi connectivity index (χ4n) is 4.20. The second kappa shape index (κ2) is 7.62. The van der Waals surface area contributed by atoms with Gasteiger partial charge in [-0.15, -0.1) is 0 Å². The summed E-state index contributed by atoms with van der Waals surface area (Å²) in [5.41, 5.74) is 1.39. The molecule has 0 aliphatic carbocycles. The van der Waals surface area contributed by atoms with Gasteiger partial charge < -0.3 is 9.80 Å². The summed E-state index contributed by atoms with van der Waals surface area (Å²) in [5.74, 6) is 0.359. The topological polar surface area (TPSA) is 39.7 Å². The Kier molecular flexibility index (Phi) is 5.51. The summed E-state index contributed by atoms with van der Waals surface area (Å²) in [7, 11) is 4.16. The summed E-state index contributed by atoms with van der Waals surface area (Å²) in [6.07, 6.45) is 8.99. The van der Waals surface area contributed by atoms with Crippen molar-refractivity contribution in [1.82, 2.24) is 19.7 Å². The molecule has 5 nitrogen and oxygen atoms in total. The standard InChI is InChI=1S/C19H30N4O/c1-21(2)13-14-23-18(24)6-8-19(23)7-4-11-22(12-9-19)16-17-5-3-10-20-15-17/h3,5,10,15H,4,6-9,11-14,16H2,1-2H3. The fraction of sp³-hybridized carbons (Fsp3) is 0.684. The van der Waals surface area contributed by atoms with Crippen molar-refractivity contribution < 1.29 is 4.79 Å². The lowest BCUT2D eigenvalue weighted by Gasteiger charge is -2.39. The summed E-state index contributed by atoms with van der Waals surface area (Å²) in [6.45, 7) is 4.98. The Morgan fingerprint density at radius 1 is 1.25 bits per heavy atom. The SMILES string of the molecule is CN(C)CCN1C(=O)CCC12CCCN(Cc1cccnc1)CC2. The summed E-state index contributed by atoms with van der Waals surface area (Å²) in [5, 5.41) is 0. The normalized spacial score (nSPS) is 25.6. The molecule has 2 saturated heterocycles. The highest BCUT2D eigenvalue weighted by Crippen LogP contribution is 2.39. The van der Waals surface area contributed by atoms with Gasteiger partial charge in [0, 0.05) is 50.5 Å². The number of amides is 1. The number of likely N-dealkylation sites (tertiary alicyclic amines) is 2. The van der Waals surface area contributed by atoms with Gasteiger partial charge in [-0.3, -0.25) is 14.7 Å². The number of rotatable bonds is 5. The average molecular weight is 330 g/mol. The molecule has 2 aliphatic rings. The van der Waals surface area contributed by atoms with E-state index in [1.807, 2.05) is 18.5 Å². The monoisotopic (exact) mass is 330 g/mol. The Morgan fingerprint density at radius 2 is 2.12 bits per heavy atom. The summed E-state index contributed by atoms with van der Waals surface area (Å²) < 4.78 is 0. The van der Waals surface area contributed by atoms with Crippen LogP contribution >= 0.6 is 0 Å². The van der Waals surface area contributed by atoms with Gasteiger partial charge in [0.15, 0.2) is 0 Å². The molecule has 1 unspecified atom stereocenters. The van der Waals surface area contributed by atoms with E-state index in [1.165, 1.54) is 12.0 Å². The van der Waals surface area contributed by atoms with Crippen LogP contribution in [-0.4, -0.2) is 71.4 Å². The van der Waals surface area contributed by atoms with Crippen LogP contribution in [0.2, 0.25) is 0 Å². The minimum Gasteiger partial charge on any atom is -0.336 e. The van der Waals surface area contributed by atoms with Crippen molar-refractivity contribution in [3.8, 4) is 0 Å². The van der Waals surface area contributed by atoms with E-state index in [-0.39, 0.29) is 5.54 Å². The van der Waals surface area contributed by atoms with Crippen LogP contribution in [0.5, 0.6) is 0 Å². The first kappa shape index (κ1) is 17.4. The highest BCUT2D eigenvalue weighted by atomic mass is 16.2. The smallest absolute Gasteiger partial charge is 0.223 e. The Hall–Kier alpha value is -1.46. The van der Waals surface area contributed by atoms with Crippen LogP contribution in [0.1, 0.15) is 37.7 Å². The molecule has 2 aliphatic heterocycles. The van der Waals surface area contributed by atoms with E-state index in [9.17, 15) is 4.79 Å². The highest BCUT2D eigenvalue weighted by molar-refractivity contribution is 5.79. The van der Waals surface area contributed by atoms with Gasteiger partial charge in [0.05, 0.1) is 0 Å². The molecule has 1 aromatic heterocycles. The lowest BCUT2D eigenvalue weighted by atomic mass is 9.87. The maximum Gasteiger partial charge on any atom is 0.223 e. The number of nitrogens with zero attached hydrogens (tertiary/aromatic N) is 4. The number of carbonyl (C=O) groups excluding carboxylic acids is 1. The number of carbonyl (C=O) groups is 1. The molecule has 0 saturated carbocycles. The van der Waals surface area contributed by atoms with Crippen molar-refractivity contribution in [3.05, 3.63) is 30.1 Å². The largest absolute Gasteiger partial charge is 0.336 e. The molecule has 1 amide bonds. The van der Waals surface area contributed by atoms with Gasteiger partial charge in [0.25, 0.3) is 0 Å². The number of aromatic nitrogens is 1. The van der Waals surface area contributed by atoms with Crippen molar-refractivity contribution in [3.63, 3.8) is 0 Å². The zero-order valence-corrected chi connectivity index (χ0v) is 15.1. The third-order valence-corrected chi connectivity index (χ3v) is 5.59. The average Bonchev–Trinajstić information content (AvgIpc) is 2.74. The van der Waals surface area contributed by atoms with Crippen molar-refractivity contribution >= 4 is 5.91 Å². The number of hydrogen-bond donors (Lipinski definition) is 0. The van der Waals surface area contributed by atoms with Gasteiger partial charge >= 0.3 is 0 Å². The Bertz CT molecular complexity index is 548. The van der Waals surface area contributed by atoms with Crippen LogP contribution in [0.3, 0.4) is 0 Å². The van der Waals surface area contributed by atoms with Gasteiger partial charge in [0.2, 0.25) is 5.91 Å². The first-order valence-electron chi connectivity index (χ1n) is 9.16. The van der Waals surface area contributed by atoms with E-state index in [4.69, 9.17) is 0 Å². The zero-order chi connectivity index (χ0) is 17.0. The van der Waals surface area contributed by atoms with Crippen molar-refractivity contribution in [2.24, 2.45) is 0 Å². The quantitative estimate of drug-likeness (QED) is 0.828. The molecule has 1 spiro atoms. The number of pyridine rings is 1. The van der Waals surface area contributed by atoms with Crippen molar-refractivity contribution in [2.45, 2.75) is 44.2 Å². The van der Waals surface area contributed by atoms with Crippen LogP contribution in [0, 0.1) is 0 Å². The molecule has 3 rings (SSSR count). The molecule has 2 fully saturated rings. The lowest BCUT2D eigenvalue weighted by Crippen LogP contribution is -2.48. The first-order chi connectivity index (χ1) is 11.6. The second-order valence-electron chi connectivity index (χ2n) is 7.56. The third kappa shape index (κ3) is 3.95. The molecule has 132 valence electrons. The molecule has 24 heavy (non-hydrogen) atoms. The zero-order valence-electron chi connectivity index (χ0n) is 15.1. The molecule has 5 heteroatoms. The molecule has 0 aromatic carbocycles. The van der Waals surface area contributed by atoms with E-state index in [2.05, 4.69) is 39.8 Å². The molecule has 1 aromatic rings. The van der Waals surface area contributed by atoms with Crippen LogP contribution in [0.15, 0.2) is 24.5 Å². The summed E-state index contributed by atoms with van der Waals surface area (Å²) >= 11 is 0. The van der Waals surface area contributed by atoms with E-state index in [1.54, 1.807) is 0 Å². The second-order valence-corrected chi connectivity index (χ2v) is 7.56. The molecule has 0 radical (unpaired) electrons. The molecular weight excluding hydrogens is 300 g/mol. The van der Waals surface area contributed by atoms with E-state index in [0.29, 0.717) is 5.91 Å². The van der Waals surface area contributed by atoms with E-state index in [0.717, 1.165) is 58.4 Å². The van der Waals surface area contributed by atoms with Crippen molar-refractivity contribution in [1.29, 1.82) is 0 Å². The van der Waals surface area contributed by atoms with Crippen molar-refractivity contribution in [2.75, 3.05) is 40.3 Å². The predicted octanol–water partition coefficient (Wildman–Crippen LogP) is 1.99. The lowest BCUT2D eigenvalue weighted by molar-refractivity contribution is -0.131. The third-order valence-electron chi connectivity index (χ3n) is 5.59. The van der Waals surface area contributed by atoms with E-state index >= 15 is 0 Å². The maximum absolute atomic E-state index is 12.4.